The highest BCUT2D eigenvalue weighted by Crippen LogP contribution is 2.17. The topological polar surface area (TPSA) is 74.3 Å². The first kappa shape index (κ1) is 16.9. The summed E-state index contributed by atoms with van der Waals surface area (Å²) in [6, 6.07) is 3.22. The van der Waals surface area contributed by atoms with Gasteiger partial charge in [-0.1, -0.05) is 13.8 Å². The lowest BCUT2D eigenvalue weighted by Crippen LogP contribution is -2.42. The molecule has 0 aliphatic rings. The van der Waals surface area contributed by atoms with Crippen molar-refractivity contribution < 1.29 is 8.42 Å². The summed E-state index contributed by atoms with van der Waals surface area (Å²) in [5.41, 5.74) is 0.495. The van der Waals surface area contributed by atoms with Crippen LogP contribution in [-0.2, 0) is 10.0 Å². The van der Waals surface area contributed by atoms with E-state index in [1.807, 2.05) is 6.92 Å². The molecule has 1 aromatic rings. The smallest absolute Gasteiger partial charge is 0.260 e. The molecule has 0 fully saturated rings. The second-order valence-corrected chi connectivity index (χ2v) is 6.24. The minimum absolute atomic E-state index is 0.0360. The zero-order valence-electron chi connectivity index (χ0n) is 12.5. The maximum Gasteiger partial charge on any atom is 0.260 e. The molecule has 1 unspecified atom stereocenters. The Balaban J connectivity index is 2.84. The van der Waals surface area contributed by atoms with E-state index in [0.717, 1.165) is 13.1 Å². The van der Waals surface area contributed by atoms with Crippen molar-refractivity contribution in [1.82, 2.24) is 14.6 Å². The van der Waals surface area contributed by atoms with Gasteiger partial charge in [0.05, 0.1) is 5.69 Å². The first-order chi connectivity index (χ1) is 9.44. The number of hydrogen-bond acceptors (Lipinski definition) is 5. The van der Waals surface area contributed by atoms with Gasteiger partial charge in [0.1, 0.15) is 0 Å². The molecule has 1 atom stereocenters. The third-order valence-corrected chi connectivity index (χ3v) is 4.62. The van der Waals surface area contributed by atoms with Crippen molar-refractivity contribution >= 4 is 15.7 Å². The van der Waals surface area contributed by atoms with Crippen LogP contribution in [0.3, 0.4) is 0 Å². The first-order valence-electron chi connectivity index (χ1n) is 6.82. The molecule has 7 heteroatoms. The van der Waals surface area contributed by atoms with Crippen LogP contribution in [0, 0.1) is 0 Å². The van der Waals surface area contributed by atoms with Gasteiger partial charge in [-0.2, -0.15) is 0 Å². The summed E-state index contributed by atoms with van der Waals surface area (Å²) in [4.78, 5) is 6.14. The van der Waals surface area contributed by atoms with Gasteiger partial charge in [-0.15, -0.1) is 0 Å². The number of hydrogen-bond donors (Lipinski definition) is 2. The van der Waals surface area contributed by atoms with Gasteiger partial charge in [-0.25, -0.2) is 18.1 Å². The van der Waals surface area contributed by atoms with Crippen LogP contribution in [0.2, 0.25) is 0 Å². The van der Waals surface area contributed by atoms with Gasteiger partial charge >= 0.3 is 0 Å². The third kappa shape index (κ3) is 4.43. The Kier molecular flexibility index (Phi) is 6.38. The normalized spacial score (nSPS) is 13.4. The van der Waals surface area contributed by atoms with Crippen molar-refractivity contribution in [1.29, 1.82) is 0 Å². The molecule has 0 saturated carbocycles. The number of aromatic nitrogens is 1. The lowest BCUT2D eigenvalue weighted by molar-refractivity contribution is 0.282. The van der Waals surface area contributed by atoms with Gasteiger partial charge in [0, 0.05) is 25.8 Å². The fourth-order valence-electron chi connectivity index (χ4n) is 2.02. The lowest BCUT2D eigenvalue weighted by atomic mass is 10.3. The van der Waals surface area contributed by atoms with Crippen LogP contribution in [-0.4, -0.2) is 51.0 Å². The summed E-state index contributed by atoms with van der Waals surface area (Å²) in [7, 11) is -1.94. The Morgan fingerprint density at radius 1 is 1.35 bits per heavy atom. The summed E-state index contributed by atoms with van der Waals surface area (Å²) in [6.45, 7) is 8.44. The molecular weight excluding hydrogens is 276 g/mol. The molecule has 1 heterocycles. The van der Waals surface area contributed by atoms with Crippen molar-refractivity contribution in [3.05, 3.63) is 18.3 Å². The average molecular weight is 300 g/mol. The number of sulfonamides is 1. The summed E-state index contributed by atoms with van der Waals surface area (Å²) in [5.74, 6) is 0. The molecule has 114 valence electrons. The molecule has 1 aromatic heterocycles. The molecule has 0 amide bonds. The Morgan fingerprint density at radius 3 is 2.55 bits per heavy atom. The van der Waals surface area contributed by atoms with E-state index in [9.17, 15) is 8.42 Å². The van der Waals surface area contributed by atoms with Crippen LogP contribution in [0.4, 0.5) is 5.69 Å². The number of nitrogens with zero attached hydrogens (tertiary/aromatic N) is 2. The minimum Gasteiger partial charge on any atom is -0.386 e. The molecule has 1 rings (SSSR count). The molecule has 0 saturated heterocycles. The number of rotatable bonds is 8. The van der Waals surface area contributed by atoms with Crippen LogP contribution >= 0.6 is 0 Å². The number of nitrogens with one attached hydrogen (secondary N) is 2. The molecule has 20 heavy (non-hydrogen) atoms. The number of pyridine rings is 1. The fraction of sp³-hybridized carbons (Fsp3) is 0.615. The van der Waals surface area contributed by atoms with Crippen molar-refractivity contribution in [2.75, 3.05) is 32.0 Å². The van der Waals surface area contributed by atoms with Gasteiger partial charge < -0.3 is 10.2 Å². The highest BCUT2D eigenvalue weighted by atomic mass is 32.2. The van der Waals surface area contributed by atoms with Gasteiger partial charge in [-0.3, -0.25) is 0 Å². The minimum atomic E-state index is -3.61. The second-order valence-electron chi connectivity index (χ2n) is 4.61. The maximum absolute atomic E-state index is 12.3. The van der Waals surface area contributed by atoms with E-state index < -0.39 is 10.0 Å². The van der Waals surface area contributed by atoms with E-state index in [0.29, 0.717) is 12.2 Å². The predicted octanol–water partition coefficient (Wildman–Crippen LogP) is 1.13. The molecule has 0 radical (unpaired) electrons. The Bertz CT molecular complexity index is 515. The summed E-state index contributed by atoms with van der Waals surface area (Å²) in [6.07, 6.45) is 1.48. The quantitative estimate of drug-likeness (QED) is 0.753. The van der Waals surface area contributed by atoms with Crippen LogP contribution in [0.1, 0.15) is 20.8 Å². The number of anilines is 1. The Labute approximate surface area is 121 Å². The molecule has 0 bridgehead atoms. The predicted molar refractivity (Wildman–Crippen MR) is 81.4 cm³/mol. The largest absolute Gasteiger partial charge is 0.386 e. The zero-order chi connectivity index (χ0) is 15.2. The standard InChI is InChI=1S/C13H24N4O2S/c1-5-17(6-2)10-11(3)16-20(18,19)13-12(14-4)8-7-9-15-13/h7-9,11,14,16H,5-6,10H2,1-4H3. The molecular formula is C13H24N4O2S. The third-order valence-electron chi connectivity index (χ3n) is 3.08. The summed E-state index contributed by atoms with van der Waals surface area (Å²) in [5, 5.41) is 2.88. The first-order valence-corrected chi connectivity index (χ1v) is 8.30. The van der Waals surface area contributed by atoms with Crippen molar-refractivity contribution in [2.45, 2.75) is 31.8 Å². The van der Waals surface area contributed by atoms with Crippen LogP contribution in [0.15, 0.2) is 23.4 Å². The van der Waals surface area contributed by atoms with Crippen molar-refractivity contribution in [3.63, 3.8) is 0 Å². The van der Waals surface area contributed by atoms with E-state index in [4.69, 9.17) is 0 Å². The second kappa shape index (κ2) is 7.56. The molecule has 0 aliphatic carbocycles. The molecule has 0 spiro atoms. The van der Waals surface area contributed by atoms with Crippen LogP contribution in [0.25, 0.3) is 0 Å². The lowest BCUT2D eigenvalue weighted by Gasteiger charge is -2.23. The molecule has 2 N–H and O–H groups in total. The van der Waals surface area contributed by atoms with Gasteiger partial charge in [0.15, 0.2) is 5.03 Å². The SMILES string of the molecule is CCN(CC)CC(C)NS(=O)(=O)c1ncccc1NC. The summed E-state index contributed by atoms with van der Waals surface area (Å²) < 4.78 is 27.4. The van der Waals surface area contributed by atoms with Gasteiger partial charge in [0.2, 0.25) is 0 Å². The van der Waals surface area contributed by atoms with E-state index in [1.54, 1.807) is 19.2 Å². The van der Waals surface area contributed by atoms with E-state index in [2.05, 4.69) is 33.8 Å². The van der Waals surface area contributed by atoms with E-state index >= 15 is 0 Å². The zero-order valence-corrected chi connectivity index (χ0v) is 13.4. The Morgan fingerprint density at radius 2 is 2.00 bits per heavy atom. The summed E-state index contributed by atoms with van der Waals surface area (Å²) >= 11 is 0. The molecule has 0 aliphatic heterocycles. The van der Waals surface area contributed by atoms with Crippen molar-refractivity contribution in [2.24, 2.45) is 0 Å². The van der Waals surface area contributed by atoms with Crippen LogP contribution in [0.5, 0.6) is 0 Å². The Hall–Kier alpha value is -1.18. The molecule has 0 aromatic carbocycles. The maximum atomic E-state index is 12.3. The highest BCUT2D eigenvalue weighted by molar-refractivity contribution is 7.89. The van der Waals surface area contributed by atoms with Gasteiger partial charge in [-0.05, 0) is 32.1 Å². The van der Waals surface area contributed by atoms with Crippen LogP contribution < -0.4 is 10.0 Å². The van der Waals surface area contributed by atoms with Crippen molar-refractivity contribution in [3.8, 4) is 0 Å². The fourth-order valence-corrected chi connectivity index (χ4v) is 3.40. The van der Waals surface area contributed by atoms with Gasteiger partial charge in [0.25, 0.3) is 10.0 Å². The molecule has 6 nitrogen and oxygen atoms in total. The average Bonchev–Trinajstić information content (AvgIpc) is 2.44. The number of likely N-dealkylation sites (N-methyl/N-ethyl adjacent to an activating group) is 1. The highest BCUT2D eigenvalue weighted by Gasteiger charge is 2.22. The van der Waals surface area contributed by atoms with E-state index in [1.165, 1.54) is 6.20 Å². The van der Waals surface area contributed by atoms with E-state index in [-0.39, 0.29) is 11.1 Å². The monoisotopic (exact) mass is 300 g/mol.